The number of halogens is 1. The number of anilines is 1. The van der Waals surface area contributed by atoms with Crippen molar-refractivity contribution >= 4 is 11.7 Å². The molecule has 29 heavy (non-hydrogen) atoms. The van der Waals surface area contributed by atoms with Crippen molar-refractivity contribution in [1.29, 1.82) is 0 Å². The van der Waals surface area contributed by atoms with Crippen LogP contribution in [0.15, 0.2) is 36.4 Å². The first-order valence-corrected chi connectivity index (χ1v) is 9.61. The standard InChI is InChI=1S/C21H23FN6O/c1-14-15(2)25-28(16(14)3)20-9-8-19(23-24-20)26-10-12-27(13-11-26)21(29)17-4-6-18(22)7-5-17/h4-9H,10-13H2,1-3H3. The maximum Gasteiger partial charge on any atom is 0.253 e. The van der Waals surface area contributed by atoms with Gasteiger partial charge in [0.25, 0.3) is 5.91 Å². The van der Waals surface area contributed by atoms with Gasteiger partial charge in [-0.15, -0.1) is 10.2 Å². The van der Waals surface area contributed by atoms with Gasteiger partial charge in [-0.05, 0) is 62.7 Å². The van der Waals surface area contributed by atoms with Gasteiger partial charge < -0.3 is 9.80 Å². The van der Waals surface area contributed by atoms with Crippen LogP contribution in [0, 0.1) is 26.6 Å². The molecule has 1 amide bonds. The second-order valence-corrected chi connectivity index (χ2v) is 7.24. The lowest BCUT2D eigenvalue weighted by Gasteiger charge is -2.35. The predicted molar refractivity (Wildman–Crippen MR) is 108 cm³/mol. The number of hydrogen-bond donors (Lipinski definition) is 0. The summed E-state index contributed by atoms with van der Waals surface area (Å²) < 4.78 is 14.9. The van der Waals surface area contributed by atoms with Gasteiger partial charge in [0.15, 0.2) is 11.6 Å². The van der Waals surface area contributed by atoms with E-state index in [1.807, 2.05) is 32.9 Å². The molecule has 1 aliphatic heterocycles. The van der Waals surface area contributed by atoms with Gasteiger partial charge in [-0.2, -0.15) is 5.10 Å². The molecule has 1 saturated heterocycles. The average molecular weight is 394 g/mol. The van der Waals surface area contributed by atoms with Gasteiger partial charge in [0.05, 0.1) is 5.69 Å². The van der Waals surface area contributed by atoms with Crippen molar-refractivity contribution in [2.24, 2.45) is 0 Å². The van der Waals surface area contributed by atoms with E-state index in [4.69, 9.17) is 0 Å². The fourth-order valence-electron chi connectivity index (χ4n) is 3.46. The number of carbonyl (C=O) groups excluding carboxylic acids is 1. The number of amides is 1. The summed E-state index contributed by atoms with van der Waals surface area (Å²) in [6.07, 6.45) is 0. The zero-order valence-electron chi connectivity index (χ0n) is 16.8. The van der Waals surface area contributed by atoms with Crippen molar-refractivity contribution < 1.29 is 9.18 Å². The van der Waals surface area contributed by atoms with Crippen LogP contribution in [0.25, 0.3) is 5.82 Å². The average Bonchev–Trinajstić information content (AvgIpc) is 3.01. The highest BCUT2D eigenvalue weighted by molar-refractivity contribution is 5.94. The lowest BCUT2D eigenvalue weighted by Crippen LogP contribution is -2.49. The normalized spacial score (nSPS) is 14.3. The van der Waals surface area contributed by atoms with E-state index in [9.17, 15) is 9.18 Å². The van der Waals surface area contributed by atoms with Gasteiger partial charge in [0.2, 0.25) is 0 Å². The summed E-state index contributed by atoms with van der Waals surface area (Å²) in [4.78, 5) is 16.5. The fraction of sp³-hybridized carbons (Fsp3) is 0.333. The van der Waals surface area contributed by atoms with Crippen LogP contribution in [0.2, 0.25) is 0 Å². The highest BCUT2D eigenvalue weighted by Gasteiger charge is 2.23. The topological polar surface area (TPSA) is 67.2 Å². The van der Waals surface area contributed by atoms with Crippen molar-refractivity contribution in [3.05, 3.63) is 64.7 Å². The zero-order valence-corrected chi connectivity index (χ0v) is 16.8. The van der Waals surface area contributed by atoms with E-state index >= 15 is 0 Å². The van der Waals surface area contributed by atoms with Crippen LogP contribution < -0.4 is 4.90 Å². The van der Waals surface area contributed by atoms with Crippen LogP contribution in [-0.4, -0.2) is 57.0 Å². The van der Waals surface area contributed by atoms with E-state index < -0.39 is 0 Å². The lowest BCUT2D eigenvalue weighted by atomic mass is 10.2. The van der Waals surface area contributed by atoms with Crippen molar-refractivity contribution in [3.63, 3.8) is 0 Å². The number of piperazine rings is 1. The van der Waals surface area contributed by atoms with Gasteiger partial charge >= 0.3 is 0 Å². The van der Waals surface area contributed by atoms with Gasteiger partial charge in [0, 0.05) is 37.4 Å². The van der Waals surface area contributed by atoms with E-state index in [1.54, 1.807) is 9.58 Å². The fourth-order valence-corrected chi connectivity index (χ4v) is 3.46. The molecule has 0 unspecified atom stereocenters. The van der Waals surface area contributed by atoms with Gasteiger partial charge in [-0.1, -0.05) is 0 Å². The molecule has 0 spiro atoms. The molecule has 0 bridgehead atoms. The lowest BCUT2D eigenvalue weighted by molar-refractivity contribution is 0.0746. The molecule has 0 saturated carbocycles. The van der Waals surface area contributed by atoms with E-state index in [-0.39, 0.29) is 11.7 Å². The molecule has 3 heterocycles. The Morgan fingerprint density at radius 3 is 2.07 bits per heavy atom. The molecule has 4 rings (SSSR count). The zero-order chi connectivity index (χ0) is 20.5. The Hall–Kier alpha value is -3.29. The van der Waals surface area contributed by atoms with Crippen LogP contribution >= 0.6 is 0 Å². The number of carbonyl (C=O) groups is 1. The molecule has 3 aromatic rings. The molecule has 0 radical (unpaired) electrons. The summed E-state index contributed by atoms with van der Waals surface area (Å²) >= 11 is 0. The molecular formula is C21H23FN6O. The summed E-state index contributed by atoms with van der Waals surface area (Å²) in [7, 11) is 0. The number of benzene rings is 1. The van der Waals surface area contributed by atoms with Crippen LogP contribution in [0.3, 0.4) is 0 Å². The van der Waals surface area contributed by atoms with Crippen molar-refractivity contribution in [2.75, 3.05) is 31.1 Å². The Morgan fingerprint density at radius 2 is 1.52 bits per heavy atom. The Morgan fingerprint density at radius 1 is 0.897 bits per heavy atom. The number of aromatic nitrogens is 4. The number of hydrogen-bond acceptors (Lipinski definition) is 5. The second-order valence-electron chi connectivity index (χ2n) is 7.24. The molecule has 0 N–H and O–H groups in total. The second kappa shape index (κ2) is 7.62. The molecule has 7 nitrogen and oxygen atoms in total. The third-order valence-electron chi connectivity index (χ3n) is 5.49. The highest BCUT2D eigenvalue weighted by Crippen LogP contribution is 2.18. The number of aryl methyl sites for hydroxylation is 1. The summed E-state index contributed by atoms with van der Waals surface area (Å²) in [5.41, 5.74) is 3.69. The van der Waals surface area contributed by atoms with Crippen LogP contribution in [0.1, 0.15) is 27.3 Å². The molecule has 1 fully saturated rings. The van der Waals surface area contributed by atoms with Crippen LogP contribution in [-0.2, 0) is 0 Å². The largest absolute Gasteiger partial charge is 0.352 e. The number of rotatable bonds is 3. The smallest absolute Gasteiger partial charge is 0.253 e. The molecular weight excluding hydrogens is 371 g/mol. The maximum absolute atomic E-state index is 13.1. The Bertz CT molecular complexity index is 1020. The predicted octanol–water partition coefficient (Wildman–Crippen LogP) is 2.69. The first kappa shape index (κ1) is 19.0. The Kier molecular flexibility index (Phi) is 5.00. The molecule has 0 atom stereocenters. The first-order chi connectivity index (χ1) is 13.9. The Labute approximate surface area is 168 Å². The minimum absolute atomic E-state index is 0.0778. The maximum atomic E-state index is 13.1. The van der Waals surface area contributed by atoms with E-state index in [1.165, 1.54) is 24.3 Å². The minimum atomic E-state index is -0.344. The first-order valence-electron chi connectivity index (χ1n) is 9.61. The van der Waals surface area contributed by atoms with Crippen molar-refractivity contribution in [1.82, 2.24) is 24.9 Å². The third-order valence-corrected chi connectivity index (χ3v) is 5.49. The van der Waals surface area contributed by atoms with E-state index in [0.29, 0.717) is 37.6 Å². The molecule has 8 heteroatoms. The summed E-state index contributed by atoms with van der Waals surface area (Å²) in [5.74, 6) is 1.04. The van der Waals surface area contributed by atoms with Gasteiger partial charge in [0.1, 0.15) is 5.82 Å². The van der Waals surface area contributed by atoms with Crippen LogP contribution in [0.5, 0.6) is 0 Å². The SMILES string of the molecule is Cc1nn(-c2ccc(N3CCN(C(=O)c4ccc(F)cc4)CC3)nn2)c(C)c1C. The molecule has 150 valence electrons. The molecule has 2 aromatic heterocycles. The minimum Gasteiger partial charge on any atom is -0.352 e. The molecule has 1 aromatic carbocycles. The number of nitrogens with zero attached hydrogens (tertiary/aromatic N) is 6. The van der Waals surface area contributed by atoms with E-state index in [0.717, 1.165) is 22.8 Å². The summed E-state index contributed by atoms with van der Waals surface area (Å²) in [6, 6.07) is 9.52. The molecule has 0 aliphatic carbocycles. The van der Waals surface area contributed by atoms with Crippen molar-refractivity contribution in [3.8, 4) is 5.82 Å². The summed E-state index contributed by atoms with van der Waals surface area (Å²) in [6.45, 7) is 8.53. The van der Waals surface area contributed by atoms with Gasteiger partial charge in [-0.3, -0.25) is 4.79 Å². The molecule has 1 aliphatic rings. The third kappa shape index (κ3) is 3.70. The Balaban J connectivity index is 1.41. The van der Waals surface area contributed by atoms with Gasteiger partial charge in [-0.25, -0.2) is 9.07 Å². The van der Waals surface area contributed by atoms with E-state index in [2.05, 4.69) is 20.2 Å². The van der Waals surface area contributed by atoms with Crippen molar-refractivity contribution in [2.45, 2.75) is 20.8 Å². The highest BCUT2D eigenvalue weighted by atomic mass is 19.1. The van der Waals surface area contributed by atoms with Crippen LogP contribution in [0.4, 0.5) is 10.2 Å². The quantitative estimate of drug-likeness (QED) is 0.683. The summed E-state index contributed by atoms with van der Waals surface area (Å²) in [5, 5.41) is 13.2. The monoisotopic (exact) mass is 394 g/mol.